The summed E-state index contributed by atoms with van der Waals surface area (Å²) in [5.74, 6) is -3.94. The van der Waals surface area contributed by atoms with Crippen LogP contribution in [0.1, 0.15) is 52.3 Å². The normalized spacial score (nSPS) is 20.0. The fourth-order valence-corrected chi connectivity index (χ4v) is 6.04. The lowest BCUT2D eigenvalue weighted by atomic mass is 9.72. The molecular formula is C33H41F5N6O6. The van der Waals surface area contributed by atoms with Gasteiger partial charge in [-0.2, -0.15) is 18.2 Å². The molecule has 4 amide bonds. The smallest absolute Gasteiger partial charge is 0.408 e. The van der Waals surface area contributed by atoms with Crippen molar-refractivity contribution in [3.05, 3.63) is 65.5 Å². The molecule has 12 nitrogen and oxygen atoms in total. The highest BCUT2D eigenvalue weighted by Gasteiger charge is 2.62. The number of piperidine rings is 1. The van der Waals surface area contributed by atoms with E-state index >= 15 is 0 Å². The first kappa shape index (κ1) is 38.4. The van der Waals surface area contributed by atoms with Crippen LogP contribution < -0.4 is 10.6 Å². The number of benzene rings is 1. The number of nitrogens with one attached hydrogen (secondary N) is 2. The lowest BCUT2D eigenvalue weighted by molar-refractivity contribution is -0.197. The van der Waals surface area contributed by atoms with Crippen molar-refractivity contribution in [2.75, 3.05) is 32.9 Å². The zero-order valence-electron chi connectivity index (χ0n) is 28.4. The average molecular weight is 713 g/mol. The molecule has 2 N–H and O–H groups in total. The molecule has 0 aliphatic carbocycles. The van der Waals surface area contributed by atoms with Crippen molar-refractivity contribution in [3.8, 4) is 0 Å². The van der Waals surface area contributed by atoms with Crippen molar-refractivity contribution >= 4 is 23.8 Å². The molecule has 2 unspecified atom stereocenters. The van der Waals surface area contributed by atoms with Gasteiger partial charge in [-0.15, -0.1) is 0 Å². The van der Waals surface area contributed by atoms with Gasteiger partial charge in [0.2, 0.25) is 17.7 Å². The predicted octanol–water partition coefficient (Wildman–Crippen LogP) is 3.70. The van der Waals surface area contributed by atoms with Gasteiger partial charge in [-0.1, -0.05) is 12.1 Å². The lowest BCUT2D eigenvalue weighted by Crippen LogP contribution is -2.60. The van der Waals surface area contributed by atoms with E-state index in [4.69, 9.17) is 9.47 Å². The largest absolute Gasteiger partial charge is 0.444 e. The van der Waals surface area contributed by atoms with Gasteiger partial charge in [-0.3, -0.25) is 24.4 Å². The molecular weight excluding hydrogens is 671 g/mol. The Morgan fingerprint density at radius 2 is 1.78 bits per heavy atom. The molecule has 2 aromatic rings. The van der Waals surface area contributed by atoms with Gasteiger partial charge < -0.3 is 25.0 Å². The fourth-order valence-electron chi connectivity index (χ4n) is 6.04. The summed E-state index contributed by atoms with van der Waals surface area (Å²) in [4.78, 5) is 58.5. The van der Waals surface area contributed by atoms with Gasteiger partial charge in [-0.05, 0) is 59.2 Å². The first-order valence-corrected chi connectivity index (χ1v) is 15.8. The Balaban J connectivity index is 1.55. The molecule has 0 bridgehead atoms. The number of alkyl carbamates (subject to hydrolysis) is 1. The van der Waals surface area contributed by atoms with Crippen LogP contribution in [0.5, 0.6) is 0 Å². The van der Waals surface area contributed by atoms with Crippen LogP contribution in [-0.2, 0) is 36.9 Å². The third kappa shape index (κ3) is 9.44. The van der Waals surface area contributed by atoms with E-state index in [1.807, 2.05) is 0 Å². The number of amides is 4. The van der Waals surface area contributed by atoms with E-state index < -0.39 is 90.6 Å². The third-order valence-corrected chi connectivity index (χ3v) is 8.30. The minimum Gasteiger partial charge on any atom is -0.444 e. The Bertz CT molecular complexity index is 1570. The van der Waals surface area contributed by atoms with Crippen LogP contribution in [0.15, 0.2) is 42.6 Å². The number of halogens is 5. The number of ether oxygens (including phenoxy) is 2. The highest BCUT2D eigenvalue weighted by Crippen LogP contribution is 2.45. The van der Waals surface area contributed by atoms with Crippen LogP contribution in [0.3, 0.4) is 0 Å². The SMILES string of the molecule is CC(C)(C)OC(=O)NC(C)(C)C(=O)NCC(=O)N1CCC2N(COCc3ccc(F)cc3F)N(CC(F)(F)F)C(=O)C2(Cc2ccccn2)C1. The van der Waals surface area contributed by atoms with Crippen LogP contribution in [0.4, 0.5) is 26.7 Å². The van der Waals surface area contributed by atoms with E-state index in [2.05, 4.69) is 15.6 Å². The van der Waals surface area contributed by atoms with E-state index in [1.165, 1.54) is 24.9 Å². The molecule has 2 aliphatic heterocycles. The maximum absolute atomic E-state index is 14.3. The number of nitrogens with zero attached hydrogens (tertiary/aromatic N) is 4. The lowest BCUT2D eigenvalue weighted by Gasteiger charge is -2.43. The van der Waals surface area contributed by atoms with Crippen molar-refractivity contribution in [1.82, 2.24) is 30.5 Å². The minimum absolute atomic E-state index is 0.0130. The van der Waals surface area contributed by atoms with E-state index in [-0.39, 0.29) is 31.5 Å². The van der Waals surface area contributed by atoms with Crippen molar-refractivity contribution < 1.29 is 50.6 Å². The number of hydrazine groups is 1. The Morgan fingerprint density at radius 1 is 1.06 bits per heavy atom. The molecule has 0 radical (unpaired) electrons. The third-order valence-electron chi connectivity index (χ3n) is 8.30. The van der Waals surface area contributed by atoms with Gasteiger partial charge in [0.05, 0.1) is 24.6 Å². The summed E-state index contributed by atoms with van der Waals surface area (Å²) >= 11 is 0. The maximum atomic E-state index is 14.3. The number of carbonyl (C=O) groups is 4. The minimum atomic E-state index is -4.81. The summed E-state index contributed by atoms with van der Waals surface area (Å²) in [5, 5.41) is 6.62. The Labute approximate surface area is 286 Å². The molecule has 2 saturated heterocycles. The molecule has 0 saturated carbocycles. The second-order valence-corrected chi connectivity index (χ2v) is 13.8. The van der Waals surface area contributed by atoms with Gasteiger partial charge >= 0.3 is 12.3 Å². The van der Waals surface area contributed by atoms with Gasteiger partial charge in [0, 0.05) is 43.0 Å². The van der Waals surface area contributed by atoms with E-state index in [0.29, 0.717) is 16.8 Å². The number of carbonyl (C=O) groups excluding carboxylic acids is 4. The molecule has 50 heavy (non-hydrogen) atoms. The summed E-state index contributed by atoms with van der Waals surface area (Å²) in [7, 11) is 0. The topological polar surface area (TPSA) is 133 Å². The predicted molar refractivity (Wildman–Crippen MR) is 167 cm³/mol. The van der Waals surface area contributed by atoms with Gasteiger partial charge in [-0.25, -0.2) is 13.6 Å². The summed E-state index contributed by atoms with van der Waals surface area (Å²) in [6.07, 6.45) is -4.27. The van der Waals surface area contributed by atoms with E-state index in [1.54, 1.807) is 39.0 Å². The second kappa shape index (κ2) is 14.8. The summed E-state index contributed by atoms with van der Waals surface area (Å²) < 4.78 is 80.1. The Morgan fingerprint density at radius 3 is 2.40 bits per heavy atom. The number of pyridine rings is 1. The molecule has 3 heterocycles. The standard InChI is InChI=1S/C33H41F5N6O6/c1-30(2,3)50-29(48)41-31(4,5)27(46)40-16-26(45)42-13-11-25-32(18-42,15-23-8-6-7-12-39-23)28(47)43(19-33(36,37)38)44(25)20-49-17-21-9-10-22(34)14-24(21)35/h6-10,12,14,25H,11,13,15-20H2,1-5H3,(H,40,46)(H,41,48). The van der Waals surface area contributed by atoms with Gasteiger partial charge in [0.15, 0.2) is 0 Å². The van der Waals surface area contributed by atoms with Crippen LogP contribution in [-0.4, -0.2) is 100.0 Å². The fraction of sp³-hybridized carbons (Fsp3) is 0.545. The molecule has 1 aromatic carbocycles. The molecule has 1 aromatic heterocycles. The van der Waals surface area contributed by atoms with Crippen LogP contribution >= 0.6 is 0 Å². The molecule has 2 fully saturated rings. The molecule has 274 valence electrons. The monoisotopic (exact) mass is 712 g/mol. The van der Waals surface area contributed by atoms with E-state index in [0.717, 1.165) is 17.1 Å². The first-order chi connectivity index (χ1) is 23.2. The number of alkyl halides is 3. The van der Waals surface area contributed by atoms with Crippen LogP contribution in [0, 0.1) is 17.0 Å². The number of likely N-dealkylation sites (tertiary alicyclic amines) is 1. The number of aromatic nitrogens is 1. The number of hydrogen-bond acceptors (Lipinski definition) is 8. The van der Waals surface area contributed by atoms with Crippen molar-refractivity contribution in [2.45, 2.75) is 77.4 Å². The zero-order chi connectivity index (χ0) is 37.1. The van der Waals surface area contributed by atoms with Gasteiger partial charge in [0.25, 0.3) is 0 Å². The van der Waals surface area contributed by atoms with Crippen molar-refractivity contribution in [1.29, 1.82) is 0 Å². The molecule has 4 rings (SSSR count). The summed E-state index contributed by atoms with van der Waals surface area (Å²) in [6.45, 7) is 4.36. The first-order valence-electron chi connectivity index (χ1n) is 15.8. The zero-order valence-corrected chi connectivity index (χ0v) is 28.4. The van der Waals surface area contributed by atoms with Crippen LogP contribution in [0.2, 0.25) is 0 Å². The molecule has 0 spiro atoms. The Hall–Kier alpha value is -4.38. The van der Waals surface area contributed by atoms with Crippen molar-refractivity contribution in [2.24, 2.45) is 5.41 Å². The average Bonchev–Trinajstić information content (AvgIpc) is 3.20. The summed E-state index contributed by atoms with van der Waals surface area (Å²) in [5.41, 5.74) is -3.55. The van der Waals surface area contributed by atoms with E-state index in [9.17, 15) is 41.1 Å². The maximum Gasteiger partial charge on any atom is 0.408 e. The van der Waals surface area contributed by atoms with Gasteiger partial charge in [0.1, 0.15) is 36.0 Å². The molecule has 2 aliphatic rings. The molecule has 17 heteroatoms. The second-order valence-electron chi connectivity index (χ2n) is 13.8. The number of hydrogen-bond donors (Lipinski definition) is 2. The molecule has 2 atom stereocenters. The number of rotatable bonds is 11. The van der Waals surface area contributed by atoms with Crippen LogP contribution in [0.25, 0.3) is 0 Å². The quantitative estimate of drug-likeness (QED) is 0.337. The summed E-state index contributed by atoms with van der Waals surface area (Å²) in [6, 6.07) is 6.84. The van der Waals surface area contributed by atoms with Crippen molar-refractivity contribution in [3.63, 3.8) is 0 Å². The highest BCUT2D eigenvalue weighted by molar-refractivity contribution is 5.92. The Kier molecular flexibility index (Phi) is 11.4. The highest BCUT2D eigenvalue weighted by atomic mass is 19.4. The number of fused-ring (bicyclic) bond motifs is 1.